The van der Waals surface area contributed by atoms with Gasteiger partial charge < -0.3 is 5.32 Å². The number of hydrogen-bond donors (Lipinski definition) is 1. The molecule has 1 N–H and O–H groups in total. The van der Waals surface area contributed by atoms with Gasteiger partial charge in [0, 0.05) is 17.4 Å². The first kappa shape index (κ1) is 17.7. The third-order valence-electron chi connectivity index (χ3n) is 5.45. The molecule has 0 spiro atoms. The van der Waals surface area contributed by atoms with Gasteiger partial charge >= 0.3 is 0 Å². The van der Waals surface area contributed by atoms with E-state index in [1.54, 1.807) is 30.4 Å². The van der Waals surface area contributed by atoms with Crippen LogP contribution in [0.4, 0.5) is 9.39 Å². The lowest BCUT2D eigenvalue weighted by molar-refractivity contribution is -0.114. The van der Waals surface area contributed by atoms with E-state index in [0.29, 0.717) is 0 Å². The number of nitrogens with one attached hydrogen (secondary N) is 1. The average Bonchev–Trinajstić information content (AvgIpc) is 3.24. The largest absolute Gasteiger partial charge is 0.318 e. The molecule has 138 valence electrons. The molecule has 5 heteroatoms. The number of anilines is 1. The quantitative estimate of drug-likeness (QED) is 0.827. The van der Waals surface area contributed by atoms with Crippen molar-refractivity contribution in [3.8, 4) is 0 Å². The van der Waals surface area contributed by atoms with Crippen molar-refractivity contribution in [3.63, 3.8) is 0 Å². The molecule has 1 amide bonds. The minimum Gasteiger partial charge on any atom is -0.318 e. The number of hydrogen-bond acceptors (Lipinski definition) is 3. The topological polar surface area (TPSA) is 32.3 Å². The Hall–Kier alpha value is -1.72. The summed E-state index contributed by atoms with van der Waals surface area (Å²) in [5.74, 6) is -0.235. The van der Waals surface area contributed by atoms with Crippen LogP contribution in [0.3, 0.4) is 0 Å². The minimum atomic E-state index is -0.197. The molecule has 26 heavy (non-hydrogen) atoms. The number of nitrogens with zero attached hydrogens (tertiary/aromatic N) is 1. The highest BCUT2D eigenvalue weighted by molar-refractivity contribution is 7.16. The highest BCUT2D eigenvalue weighted by Crippen LogP contribution is 2.46. The number of likely N-dealkylation sites (tertiary alicyclic amines) is 1. The van der Waals surface area contributed by atoms with Crippen LogP contribution in [0.2, 0.25) is 0 Å². The van der Waals surface area contributed by atoms with E-state index in [1.165, 1.54) is 47.8 Å². The van der Waals surface area contributed by atoms with Gasteiger partial charge in [-0.25, -0.2) is 4.39 Å². The average molecular weight is 373 g/mol. The van der Waals surface area contributed by atoms with Gasteiger partial charge in [-0.05, 0) is 74.9 Å². The zero-order chi connectivity index (χ0) is 18.1. The van der Waals surface area contributed by atoms with E-state index < -0.39 is 0 Å². The van der Waals surface area contributed by atoms with E-state index in [4.69, 9.17) is 0 Å². The summed E-state index contributed by atoms with van der Waals surface area (Å²) in [5, 5.41) is 4.04. The molecule has 2 aromatic rings. The predicted octanol–water partition coefficient (Wildman–Crippen LogP) is 4.91. The van der Waals surface area contributed by atoms with E-state index >= 15 is 0 Å². The third kappa shape index (κ3) is 3.42. The fraction of sp³-hybridized carbons (Fsp3) is 0.476. The second-order valence-corrected chi connectivity index (χ2v) is 8.44. The molecular formula is C21H25FN2OS. The lowest BCUT2D eigenvalue weighted by atomic mass is 9.89. The number of carbonyl (C=O) groups excluding carboxylic acids is 1. The monoisotopic (exact) mass is 372 g/mol. The molecule has 1 aliphatic carbocycles. The molecule has 1 atom stereocenters. The predicted molar refractivity (Wildman–Crippen MR) is 104 cm³/mol. The van der Waals surface area contributed by atoms with Crippen LogP contribution in [0, 0.1) is 5.82 Å². The summed E-state index contributed by atoms with van der Waals surface area (Å²) < 4.78 is 14.0. The van der Waals surface area contributed by atoms with Gasteiger partial charge in [0.1, 0.15) is 10.8 Å². The highest BCUT2D eigenvalue weighted by atomic mass is 32.1. The molecule has 2 heterocycles. The Kier molecular flexibility index (Phi) is 5.09. The van der Waals surface area contributed by atoms with Crippen LogP contribution in [0.5, 0.6) is 0 Å². The van der Waals surface area contributed by atoms with Crippen molar-refractivity contribution in [1.29, 1.82) is 0 Å². The molecule has 1 aromatic carbocycles. The van der Waals surface area contributed by atoms with Gasteiger partial charge in [-0.2, -0.15) is 0 Å². The normalized spacial score (nSPS) is 18.5. The maximum absolute atomic E-state index is 14.0. The Morgan fingerprint density at radius 3 is 2.69 bits per heavy atom. The number of benzene rings is 1. The number of halogens is 1. The smallest absolute Gasteiger partial charge is 0.221 e. The third-order valence-corrected chi connectivity index (χ3v) is 6.67. The number of rotatable bonds is 4. The van der Waals surface area contributed by atoms with Gasteiger partial charge in [0.2, 0.25) is 5.91 Å². The van der Waals surface area contributed by atoms with Gasteiger partial charge in [-0.1, -0.05) is 12.1 Å². The molecule has 0 bridgehead atoms. The van der Waals surface area contributed by atoms with Crippen LogP contribution in [0.1, 0.15) is 60.2 Å². The number of fused-ring (bicyclic) bond motifs is 1. The fourth-order valence-corrected chi connectivity index (χ4v) is 5.74. The Labute approximate surface area is 158 Å². The molecular weight excluding hydrogens is 347 g/mol. The van der Waals surface area contributed by atoms with Gasteiger partial charge in [0.25, 0.3) is 0 Å². The van der Waals surface area contributed by atoms with Crippen LogP contribution < -0.4 is 5.32 Å². The van der Waals surface area contributed by atoms with Crippen LogP contribution >= 0.6 is 11.3 Å². The second-order valence-electron chi connectivity index (χ2n) is 7.34. The number of amides is 1. The van der Waals surface area contributed by atoms with Crippen LogP contribution in [-0.2, 0) is 17.6 Å². The SMILES string of the molecule is CC(=O)Nc1sc2c(c1C(c1cccc(F)c1)N1CCCC1)CCCC2. The molecule has 0 saturated carbocycles. The van der Waals surface area contributed by atoms with E-state index in [9.17, 15) is 9.18 Å². The van der Waals surface area contributed by atoms with E-state index in [2.05, 4.69) is 10.2 Å². The summed E-state index contributed by atoms with van der Waals surface area (Å²) in [6.07, 6.45) is 6.89. The standard InChI is InChI=1S/C21H25FN2OS/c1-14(25)23-21-19(17-9-2-3-10-18(17)26-21)20(24-11-4-5-12-24)15-7-6-8-16(22)13-15/h6-8,13,20H,2-5,9-12H2,1H3,(H,23,25). The highest BCUT2D eigenvalue weighted by Gasteiger charge is 2.33. The van der Waals surface area contributed by atoms with E-state index in [-0.39, 0.29) is 17.8 Å². The minimum absolute atomic E-state index is 0.0214. The van der Waals surface area contributed by atoms with Crippen molar-refractivity contribution in [1.82, 2.24) is 4.90 Å². The van der Waals surface area contributed by atoms with Crippen molar-refractivity contribution in [2.45, 2.75) is 51.5 Å². The number of carbonyl (C=O) groups is 1. The summed E-state index contributed by atoms with van der Waals surface area (Å²) in [5.41, 5.74) is 3.60. The van der Waals surface area contributed by atoms with Crippen LogP contribution in [-0.4, -0.2) is 23.9 Å². The van der Waals surface area contributed by atoms with Crippen molar-refractivity contribution in [3.05, 3.63) is 51.7 Å². The molecule has 1 aliphatic heterocycles. The molecule has 1 unspecified atom stereocenters. The first-order valence-electron chi connectivity index (χ1n) is 9.55. The first-order valence-corrected chi connectivity index (χ1v) is 10.4. The molecule has 2 aliphatic rings. The molecule has 1 aromatic heterocycles. The summed E-state index contributed by atoms with van der Waals surface area (Å²) in [6, 6.07) is 7.00. The van der Waals surface area contributed by atoms with Crippen molar-refractivity contribution in [2.75, 3.05) is 18.4 Å². The Morgan fingerprint density at radius 1 is 1.19 bits per heavy atom. The van der Waals surface area contributed by atoms with E-state index in [0.717, 1.165) is 36.5 Å². The number of aryl methyl sites for hydroxylation is 1. The molecule has 1 fully saturated rings. The van der Waals surface area contributed by atoms with Crippen molar-refractivity contribution < 1.29 is 9.18 Å². The zero-order valence-electron chi connectivity index (χ0n) is 15.2. The summed E-state index contributed by atoms with van der Waals surface area (Å²) in [7, 11) is 0. The molecule has 0 radical (unpaired) electrons. The van der Waals surface area contributed by atoms with Crippen LogP contribution in [0.15, 0.2) is 24.3 Å². The Balaban J connectivity index is 1.87. The summed E-state index contributed by atoms with van der Waals surface area (Å²) in [6.45, 7) is 3.60. The molecule has 3 nitrogen and oxygen atoms in total. The fourth-order valence-electron chi connectivity index (χ4n) is 4.37. The van der Waals surface area contributed by atoms with Crippen LogP contribution in [0.25, 0.3) is 0 Å². The lowest BCUT2D eigenvalue weighted by Crippen LogP contribution is -2.28. The van der Waals surface area contributed by atoms with Gasteiger partial charge in [0.15, 0.2) is 0 Å². The summed E-state index contributed by atoms with van der Waals surface area (Å²) >= 11 is 1.72. The maximum atomic E-state index is 14.0. The van der Waals surface area contributed by atoms with Crippen molar-refractivity contribution in [2.24, 2.45) is 0 Å². The summed E-state index contributed by atoms with van der Waals surface area (Å²) in [4.78, 5) is 15.7. The lowest BCUT2D eigenvalue weighted by Gasteiger charge is -2.30. The molecule has 4 rings (SSSR count). The zero-order valence-corrected chi connectivity index (χ0v) is 16.0. The van der Waals surface area contributed by atoms with Gasteiger partial charge in [0.05, 0.1) is 6.04 Å². The molecule has 1 saturated heterocycles. The van der Waals surface area contributed by atoms with Gasteiger partial charge in [-0.15, -0.1) is 11.3 Å². The Bertz CT molecular complexity index is 810. The maximum Gasteiger partial charge on any atom is 0.221 e. The van der Waals surface area contributed by atoms with Crippen molar-refractivity contribution >= 4 is 22.2 Å². The first-order chi connectivity index (χ1) is 12.6. The van der Waals surface area contributed by atoms with E-state index in [1.807, 2.05) is 6.07 Å². The number of thiophene rings is 1. The second kappa shape index (κ2) is 7.49. The van der Waals surface area contributed by atoms with Gasteiger partial charge in [-0.3, -0.25) is 9.69 Å². The Morgan fingerprint density at radius 2 is 1.96 bits per heavy atom.